The first-order valence-corrected chi connectivity index (χ1v) is 8.32. The molecule has 0 aliphatic carbocycles. The summed E-state index contributed by atoms with van der Waals surface area (Å²) in [6.07, 6.45) is 2.65. The molecule has 120 valence electrons. The zero-order valence-electron chi connectivity index (χ0n) is 12.9. The largest absolute Gasteiger partial charge is 0.493 e. The topological polar surface area (TPSA) is 99.0 Å². The third-order valence-corrected chi connectivity index (χ3v) is 3.75. The maximum absolute atomic E-state index is 12.0. The SMILES string of the molecule is CCCOc1ccc(-c2nc(SC)[nH]c(=O)c2C#N)cc1CO. The first-order valence-electron chi connectivity index (χ1n) is 7.10. The lowest BCUT2D eigenvalue weighted by atomic mass is 10.0. The van der Waals surface area contributed by atoms with E-state index in [1.165, 1.54) is 11.8 Å². The number of nitriles is 1. The fraction of sp³-hybridized carbons (Fsp3) is 0.312. The van der Waals surface area contributed by atoms with Gasteiger partial charge in [-0.1, -0.05) is 18.7 Å². The van der Waals surface area contributed by atoms with Crippen molar-refractivity contribution < 1.29 is 9.84 Å². The second-order valence-corrected chi connectivity index (χ2v) is 5.53. The molecule has 1 aromatic heterocycles. The molecule has 23 heavy (non-hydrogen) atoms. The van der Waals surface area contributed by atoms with Crippen molar-refractivity contribution in [2.45, 2.75) is 25.1 Å². The van der Waals surface area contributed by atoms with Gasteiger partial charge in [-0.15, -0.1) is 0 Å². The van der Waals surface area contributed by atoms with Crippen LogP contribution in [0.1, 0.15) is 24.5 Å². The lowest BCUT2D eigenvalue weighted by molar-refractivity contribution is 0.263. The number of hydrogen-bond acceptors (Lipinski definition) is 6. The number of nitrogens with one attached hydrogen (secondary N) is 1. The highest BCUT2D eigenvalue weighted by molar-refractivity contribution is 7.98. The summed E-state index contributed by atoms with van der Waals surface area (Å²) in [7, 11) is 0. The molecule has 1 heterocycles. The number of rotatable bonds is 6. The normalized spacial score (nSPS) is 10.3. The van der Waals surface area contributed by atoms with Crippen LogP contribution in [0, 0.1) is 11.3 Å². The van der Waals surface area contributed by atoms with Crippen LogP contribution in [0.5, 0.6) is 5.75 Å². The summed E-state index contributed by atoms with van der Waals surface area (Å²) in [5.41, 5.74) is 0.966. The number of aliphatic hydroxyl groups excluding tert-OH is 1. The molecule has 0 amide bonds. The summed E-state index contributed by atoms with van der Waals surface area (Å²) in [6.45, 7) is 2.35. The van der Waals surface area contributed by atoms with Gasteiger partial charge in [0.15, 0.2) is 5.16 Å². The van der Waals surface area contributed by atoms with Gasteiger partial charge in [-0.2, -0.15) is 5.26 Å². The second-order valence-electron chi connectivity index (χ2n) is 4.74. The third-order valence-electron chi connectivity index (χ3n) is 3.17. The van der Waals surface area contributed by atoms with Gasteiger partial charge in [0.05, 0.1) is 18.9 Å². The highest BCUT2D eigenvalue weighted by Gasteiger charge is 2.15. The van der Waals surface area contributed by atoms with Gasteiger partial charge in [0, 0.05) is 11.1 Å². The number of aliphatic hydroxyl groups is 1. The third kappa shape index (κ3) is 3.73. The Morgan fingerprint density at radius 3 is 2.87 bits per heavy atom. The van der Waals surface area contributed by atoms with E-state index in [1.807, 2.05) is 13.0 Å². The molecule has 2 rings (SSSR count). The Morgan fingerprint density at radius 1 is 1.48 bits per heavy atom. The Bertz CT molecular complexity index is 796. The van der Waals surface area contributed by atoms with Crippen molar-refractivity contribution in [2.24, 2.45) is 0 Å². The van der Waals surface area contributed by atoms with E-state index in [1.54, 1.807) is 24.5 Å². The quantitative estimate of drug-likeness (QED) is 0.622. The minimum atomic E-state index is -0.473. The fourth-order valence-corrected chi connectivity index (χ4v) is 2.44. The number of aromatic amines is 1. The van der Waals surface area contributed by atoms with E-state index >= 15 is 0 Å². The molecule has 0 radical (unpaired) electrons. The Hall–Kier alpha value is -2.30. The standard InChI is InChI=1S/C16H17N3O3S/c1-3-6-22-13-5-4-10(7-11(13)9-20)14-12(8-17)15(21)19-16(18-14)23-2/h4-5,7,20H,3,6,9H2,1-2H3,(H,18,19,21). The van der Waals surface area contributed by atoms with Crippen LogP contribution in [0.4, 0.5) is 0 Å². The molecule has 0 unspecified atom stereocenters. The highest BCUT2D eigenvalue weighted by Crippen LogP contribution is 2.27. The smallest absolute Gasteiger partial charge is 0.270 e. The van der Waals surface area contributed by atoms with Crippen LogP contribution in [0.2, 0.25) is 0 Å². The second kappa shape index (κ2) is 7.81. The Morgan fingerprint density at radius 2 is 2.26 bits per heavy atom. The van der Waals surface area contributed by atoms with Crippen LogP contribution in [0.15, 0.2) is 28.2 Å². The molecule has 2 N–H and O–H groups in total. The number of ether oxygens (including phenoxy) is 1. The van der Waals surface area contributed by atoms with E-state index in [9.17, 15) is 15.2 Å². The molecule has 6 nitrogen and oxygen atoms in total. The Labute approximate surface area is 138 Å². The van der Waals surface area contributed by atoms with Crippen molar-refractivity contribution in [2.75, 3.05) is 12.9 Å². The van der Waals surface area contributed by atoms with Crippen molar-refractivity contribution in [3.63, 3.8) is 0 Å². The zero-order valence-corrected chi connectivity index (χ0v) is 13.7. The van der Waals surface area contributed by atoms with Gasteiger partial charge in [-0.25, -0.2) is 4.98 Å². The average molecular weight is 331 g/mol. The van der Waals surface area contributed by atoms with Gasteiger partial charge < -0.3 is 14.8 Å². The number of H-pyrrole nitrogens is 1. The summed E-state index contributed by atoms with van der Waals surface area (Å²) in [4.78, 5) is 18.9. The van der Waals surface area contributed by atoms with Crippen molar-refractivity contribution in [3.8, 4) is 23.1 Å². The van der Waals surface area contributed by atoms with Crippen molar-refractivity contribution in [1.29, 1.82) is 5.26 Å². The first kappa shape index (κ1) is 17.1. The van der Waals surface area contributed by atoms with Gasteiger partial charge in [0.25, 0.3) is 5.56 Å². The van der Waals surface area contributed by atoms with Crippen LogP contribution >= 0.6 is 11.8 Å². The Kier molecular flexibility index (Phi) is 5.79. The molecular weight excluding hydrogens is 314 g/mol. The monoisotopic (exact) mass is 331 g/mol. The van der Waals surface area contributed by atoms with Gasteiger partial charge >= 0.3 is 0 Å². The highest BCUT2D eigenvalue weighted by atomic mass is 32.2. The van der Waals surface area contributed by atoms with Gasteiger partial charge in [-0.05, 0) is 30.9 Å². The maximum atomic E-state index is 12.0. The molecule has 0 saturated heterocycles. The number of thioether (sulfide) groups is 1. The number of aromatic nitrogens is 2. The molecule has 0 spiro atoms. The lowest BCUT2D eigenvalue weighted by Crippen LogP contribution is -2.14. The van der Waals surface area contributed by atoms with Crippen LogP contribution in [-0.2, 0) is 6.61 Å². The molecule has 0 atom stereocenters. The molecule has 0 bridgehead atoms. The van der Waals surface area contributed by atoms with Gasteiger partial charge in [0.2, 0.25) is 0 Å². The average Bonchev–Trinajstić information content (AvgIpc) is 2.58. The van der Waals surface area contributed by atoms with Crippen LogP contribution < -0.4 is 10.3 Å². The van der Waals surface area contributed by atoms with E-state index in [0.717, 1.165) is 6.42 Å². The lowest BCUT2D eigenvalue weighted by Gasteiger charge is -2.12. The van der Waals surface area contributed by atoms with Gasteiger partial charge in [0.1, 0.15) is 17.4 Å². The molecule has 7 heteroatoms. The first-order chi connectivity index (χ1) is 11.1. The fourth-order valence-electron chi connectivity index (χ4n) is 2.06. The Balaban J connectivity index is 2.56. The summed E-state index contributed by atoms with van der Waals surface area (Å²) in [5, 5.41) is 19.2. The van der Waals surface area contributed by atoms with E-state index < -0.39 is 5.56 Å². The molecule has 0 saturated carbocycles. The number of benzene rings is 1. The van der Waals surface area contributed by atoms with E-state index in [0.29, 0.717) is 34.3 Å². The summed E-state index contributed by atoms with van der Waals surface area (Å²) >= 11 is 1.29. The number of nitrogens with zero attached hydrogens (tertiary/aromatic N) is 2. The minimum absolute atomic E-state index is 0.0473. The van der Waals surface area contributed by atoms with Crippen molar-refractivity contribution in [3.05, 3.63) is 39.7 Å². The zero-order chi connectivity index (χ0) is 16.8. The van der Waals surface area contributed by atoms with Crippen molar-refractivity contribution in [1.82, 2.24) is 9.97 Å². The molecule has 1 aromatic carbocycles. The maximum Gasteiger partial charge on any atom is 0.270 e. The van der Waals surface area contributed by atoms with Crippen LogP contribution in [-0.4, -0.2) is 27.9 Å². The number of hydrogen-bond donors (Lipinski definition) is 2. The predicted octanol–water partition coefficient (Wildman–Crippen LogP) is 2.31. The minimum Gasteiger partial charge on any atom is -0.493 e. The summed E-state index contributed by atoms with van der Waals surface area (Å²) < 4.78 is 5.58. The van der Waals surface area contributed by atoms with Crippen molar-refractivity contribution >= 4 is 11.8 Å². The molecule has 0 aliphatic rings. The summed E-state index contributed by atoms with van der Waals surface area (Å²) in [5.74, 6) is 0.589. The van der Waals surface area contributed by atoms with E-state index in [-0.39, 0.29) is 12.2 Å². The van der Waals surface area contributed by atoms with Crippen LogP contribution in [0.25, 0.3) is 11.3 Å². The summed E-state index contributed by atoms with van der Waals surface area (Å²) in [6, 6.07) is 7.04. The van der Waals surface area contributed by atoms with Crippen LogP contribution in [0.3, 0.4) is 0 Å². The van der Waals surface area contributed by atoms with E-state index in [4.69, 9.17) is 4.74 Å². The predicted molar refractivity (Wildman–Crippen MR) is 88.5 cm³/mol. The molecule has 0 aliphatic heterocycles. The van der Waals surface area contributed by atoms with Gasteiger partial charge in [-0.3, -0.25) is 4.79 Å². The molecule has 0 fully saturated rings. The molecule has 2 aromatic rings. The molecular formula is C16H17N3O3S. The van der Waals surface area contributed by atoms with E-state index in [2.05, 4.69) is 9.97 Å².